The molecule has 1 atom stereocenters. The molecule has 0 aromatic carbocycles. The van der Waals surface area contributed by atoms with E-state index in [-0.39, 0.29) is 11.3 Å². The van der Waals surface area contributed by atoms with Gasteiger partial charge in [-0.15, -0.1) is 0 Å². The first-order valence-electron chi connectivity index (χ1n) is 6.01. The molecule has 6 heteroatoms. The highest BCUT2D eigenvalue weighted by Crippen LogP contribution is 2.34. The summed E-state index contributed by atoms with van der Waals surface area (Å²) >= 11 is 0. The minimum Gasteiger partial charge on any atom is -0.354 e. The predicted molar refractivity (Wildman–Crippen MR) is 65.4 cm³/mol. The topological polar surface area (TPSA) is 96.2 Å². The van der Waals surface area contributed by atoms with Crippen molar-refractivity contribution in [3.8, 4) is 0 Å². The van der Waals surface area contributed by atoms with Gasteiger partial charge in [-0.2, -0.15) is 0 Å². The summed E-state index contributed by atoms with van der Waals surface area (Å²) in [6.45, 7) is 6.51. The van der Waals surface area contributed by atoms with Gasteiger partial charge in [0.15, 0.2) is 0 Å². The van der Waals surface area contributed by atoms with Gasteiger partial charge in [0, 0.05) is 19.6 Å². The molecule has 1 rings (SSSR count). The first-order chi connectivity index (χ1) is 7.99. The lowest BCUT2D eigenvalue weighted by molar-refractivity contribution is -0.132. The van der Waals surface area contributed by atoms with E-state index in [1.54, 1.807) is 0 Å². The summed E-state index contributed by atoms with van der Waals surface area (Å²) < 4.78 is 0. The zero-order chi connectivity index (χ0) is 12.9. The standard InChI is InChI=1S/C11H22N4O2/c1-8(2)11(3-4-13-7-11)9(16)14-5-6-15-10(12)17/h8,13H,3-7H2,1-2H3,(H,14,16)(H3,12,15,17). The number of nitrogens with one attached hydrogen (secondary N) is 3. The molecular formula is C11H22N4O2. The van der Waals surface area contributed by atoms with E-state index in [0.717, 1.165) is 19.5 Å². The summed E-state index contributed by atoms with van der Waals surface area (Å²) in [7, 11) is 0. The molecule has 0 bridgehead atoms. The lowest BCUT2D eigenvalue weighted by Crippen LogP contribution is -2.48. The highest BCUT2D eigenvalue weighted by molar-refractivity contribution is 5.83. The first kappa shape index (κ1) is 13.8. The average molecular weight is 242 g/mol. The average Bonchev–Trinajstić information content (AvgIpc) is 2.74. The Bertz CT molecular complexity index is 285. The monoisotopic (exact) mass is 242 g/mol. The molecule has 0 aromatic rings. The lowest BCUT2D eigenvalue weighted by Gasteiger charge is -2.31. The van der Waals surface area contributed by atoms with Gasteiger partial charge in [0.1, 0.15) is 0 Å². The van der Waals surface area contributed by atoms with E-state index in [4.69, 9.17) is 5.73 Å². The van der Waals surface area contributed by atoms with Gasteiger partial charge >= 0.3 is 6.03 Å². The fourth-order valence-electron chi connectivity index (χ4n) is 2.20. The van der Waals surface area contributed by atoms with E-state index in [1.165, 1.54) is 0 Å². The molecule has 3 amide bonds. The first-order valence-corrected chi connectivity index (χ1v) is 6.01. The number of hydrogen-bond donors (Lipinski definition) is 4. The normalized spacial score (nSPS) is 23.7. The Morgan fingerprint density at radius 2 is 2.00 bits per heavy atom. The second-order valence-corrected chi connectivity index (χ2v) is 4.78. The lowest BCUT2D eigenvalue weighted by atomic mass is 9.75. The summed E-state index contributed by atoms with van der Waals surface area (Å²) in [4.78, 5) is 22.6. The summed E-state index contributed by atoms with van der Waals surface area (Å²) in [5, 5.41) is 8.53. The largest absolute Gasteiger partial charge is 0.354 e. The molecule has 17 heavy (non-hydrogen) atoms. The van der Waals surface area contributed by atoms with Gasteiger partial charge < -0.3 is 21.7 Å². The van der Waals surface area contributed by atoms with E-state index in [2.05, 4.69) is 29.8 Å². The summed E-state index contributed by atoms with van der Waals surface area (Å²) in [6.07, 6.45) is 0.861. The molecule has 6 nitrogen and oxygen atoms in total. The molecule has 5 N–H and O–H groups in total. The summed E-state index contributed by atoms with van der Waals surface area (Å²) in [5.74, 6) is 0.352. The Labute approximate surface area is 102 Å². The van der Waals surface area contributed by atoms with Gasteiger partial charge in [-0.3, -0.25) is 4.79 Å². The van der Waals surface area contributed by atoms with Gasteiger partial charge in [-0.25, -0.2) is 4.79 Å². The van der Waals surface area contributed by atoms with Crippen LogP contribution in [0.15, 0.2) is 0 Å². The Morgan fingerprint density at radius 3 is 2.47 bits per heavy atom. The third-order valence-electron chi connectivity index (χ3n) is 3.46. The fraction of sp³-hybridized carbons (Fsp3) is 0.818. The van der Waals surface area contributed by atoms with Gasteiger partial charge in [0.2, 0.25) is 5.91 Å². The Balaban J connectivity index is 2.42. The number of amides is 3. The van der Waals surface area contributed by atoms with Crippen molar-refractivity contribution in [1.82, 2.24) is 16.0 Å². The summed E-state index contributed by atoms with van der Waals surface area (Å²) in [5.41, 5.74) is 4.62. The van der Waals surface area contributed by atoms with Crippen molar-refractivity contribution in [2.75, 3.05) is 26.2 Å². The van der Waals surface area contributed by atoms with Crippen molar-refractivity contribution in [3.05, 3.63) is 0 Å². The number of carbonyl (C=O) groups excluding carboxylic acids is 2. The Hall–Kier alpha value is -1.30. The molecule has 1 unspecified atom stereocenters. The zero-order valence-corrected chi connectivity index (χ0v) is 10.5. The van der Waals surface area contributed by atoms with E-state index in [0.29, 0.717) is 19.0 Å². The number of carbonyl (C=O) groups is 2. The van der Waals surface area contributed by atoms with Crippen LogP contribution in [-0.2, 0) is 4.79 Å². The van der Waals surface area contributed by atoms with Crippen LogP contribution in [0.25, 0.3) is 0 Å². The van der Waals surface area contributed by atoms with Gasteiger partial charge in [0.25, 0.3) is 0 Å². The number of rotatable bonds is 5. The highest BCUT2D eigenvalue weighted by Gasteiger charge is 2.43. The van der Waals surface area contributed by atoms with Crippen molar-refractivity contribution >= 4 is 11.9 Å². The molecular weight excluding hydrogens is 220 g/mol. The third-order valence-corrected chi connectivity index (χ3v) is 3.46. The van der Waals surface area contributed by atoms with Crippen LogP contribution in [0.4, 0.5) is 4.79 Å². The zero-order valence-electron chi connectivity index (χ0n) is 10.5. The van der Waals surface area contributed by atoms with Crippen LogP contribution in [0.5, 0.6) is 0 Å². The molecule has 0 aliphatic carbocycles. The van der Waals surface area contributed by atoms with Crippen LogP contribution in [0.2, 0.25) is 0 Å². The molecule has 1 fully saturated rings. The molecule has 98 valence electrons. The quantitative estimate of drug-likeness (QED) is 0.485. The molecule has 1 saturated heterocycles. The van der Waals surface area contributed by atoms with Crippen LogP contribution in [0.1, 0.15) is 20.3 Å². The van der Waals surface area contributed by atoms with Crippen molar-refractivity contribution in [2.24, 2.45) is 17.1 Å². The van der Waals surface area contributed by atoms with E-state index in [9.17, 15) is 9.59 Å². The van der Waals surface area contributed by atoms with Gasteiger partial charge in [0.05, 0.1) is 5.41 Å². The van der Waals surface area contributed by atoms with Crippen LogP contribution in [-0.4, -0.2) is 38.1 Å². The molecule has 1 heterocycles. The maximum atomic E-state index is 12.2. The summed E-state index contributed by atoms with van der Waals surface area (Å²) in [6, 6.07) is -0.569. The number of primary amides is 1. The van der Waals surface area contributed by atoms with Crippen LogP contribution < -0.4 is 21.7 Å². The predicted octanol–water partition coefficient (Wildman–Crippen LogP) is -0.593. The van der Waals surface area contributed by atoms with E-state index >= 15 is 0 Å². The highest BCUT2D eigenvalue weighted by atomic mass is 16.2. The number of nitrogens with two attached hydrogens (primary N) is 1. The minimum absolute atomic E-state index is 0.0590. The molecule has 1 aliphatic rings. The maximum absolute atomic E-state index is 12.2. The Kier molecular flexibility index (Phi) is 4.74. The van der Waals surface area contributed by atoms with Crippen LogP contribution >= 0.6 is 0 Å². The number of hydrogen-bond acceptors (Lipinski definition) is 3. The van der Waals surface area contributed by atoms with Gasteiger partial charge in [-0.05, 0) is 18.9 Å². The second-order valence-electron chi connectivity index (χ2n) is 4.78. The second kappa shape index (κ2) is 5.86. The van der Waals surface area contributed by atoms with Crippen LogP contribution in [0, 0.1) is 11.3 Å². The van der Waals surface area contributed by atoms with Crippen molar-refractivity contribution in [3.63, 3.8) is 0 Å². The fourth-order valence-corrected chi connectivity index (χ4v) is 2.20. The van der Waals surface area contributed by atoms with Crippen molar-refractivity contribution < 1.29 is 9.59 Å². The molecule has 0 spiro atoms. The molecule has 0 aromatic heterocycles. The smallest absolute Gasteiger partial charge is 0.312 e. The van der Waals surface area contributed by atoms with E-state index < -0.39 is 6.03 Å². The molecule has 0 saturated carbocycles. The molecule has 1 aliphatic heterocycles. The van der Waals surface area contributed by atoms with Crippen molar-refractivity contribution in [2.45, 2.75) is 20.3 Å². The minimum atomic E-state index is -0.569. The van der Waals surface area contributed by atoms with Crippen LogP contribution in [0.3, 0.4) is 0 Å². The molecule has 0 radical (unpaired) electrons. The third kappa shape index (κ3) is 3.33. The Morgan fingerprint density at radius 1 is 1.35 bits per heavy atom. The maximum Gasteiger partial charge on any atom is 0.312 e. The van der Waals surface area contributed by atoms with Crippen molar-refractivity contribution in [1.29, 1.82) is 0 Å². The number of urea groups is 1. The van der Waals surface area contributed by atoms with E-state index in [1.807, 2.05) is 0 Å². The SMILES string of the molecule is CC(C)C1(C(=O)NCCNC(N)=O)CCNC1. The van der Waals surface area contributed by atoms with Gasteiger partial charge in [-0.1, -0.05) is 13.8 Å².